The summed E-state index contributed by atoms with van der Waals surface area (Å²) in [5.74, 6) is 0. The first-order valence-electron chi connectivity index (χ1n) is 8.01. The van der Waals surface area contributed by atoms with Gasteiger partial charge in [-0.15, -0.1) is 0 Å². The highest BCUT2D eigenvalue weighted by atomic mass is 19.4. The van der Waals surface area contributed by atoms with E-state index >= 15 is 0 Å². The van der Waals surface area contributed by atoms with Crippen LogP contribution in [0, 0.1) is 0 Å². The van der Waals surface area contributed by atoms with Crippen LogP contribution in [0.15, 0.2) is 42.2 Å². The zero-order valence-corrected chi connectivity index (χ0v) is 13.2. The van der Waals surface area contributed by atoms with Crippen molar-refractivity contribution in [1.82, 2.24) is 20.4 Å². The largest absolute Gasteiger partial charge is 0.433 e. The molecule has 0 spiro atoms. The molecule has 1 aliphatic carbocycles. The molecule has 8 heteroatoms. The Hall–Kier alpha value is -2.77. The Bertz CT molecular complexity index is 922. The van der Waals surface area contributed by atoms with Crippen LogP contribution in [0.25, 0.3) is 10.9 Å². The number of allylic oxidation sites excluding steroid dienone is 1. The van der Waals surface area contributed by atoms with Crippen molar-refractivity contribution in [3.63, 3.8) is 0 Å². The average Bonchev–Trinajstić information content (AvgIpc) is 3.30. The first-order chi connectivity index (χ1) is 12.0. The standard InChI is InChI=1S/C17H16F3N5/c18-17(19,20)16-13(9-22-25-16)15(10-3-1-2-4-10)23-12-5-6-14-11(7-12)8-21-24-14/h3,5-9,15,23H,1-2,4H2,(H,21,24)(H,22,25). The van der Waals surface area contributed by atoms with Gasteiger partial charge in [0, 0.05) is 16.6 Å². The number of anilines is 1. The van der Waals surface area contributed by atoms with E-state index in [4.69, 9.17) is 0 Å². The molecule has 130 valence electrons. The van der Waals surface area contributed by atoms with Gasteiger partial charge in [-0.25, -0.2) is 0 Å². The molecule has 2 heterocycles. The minimum Gasteiger partial charge on any atom is -0.374 e. The summed E-state index contributed by atoms with van der Waals surface area (Å²) in [6.07, 6.45) is 3.09. The van der Waals surface area contributed by atoms with Crippen molar-refractivity contribution in [2.45, 2.75) is 31.5 Å². The highest BCUT2D eigenvalue weighted by Gasteiger charge is 2.38. The number of aromatic amines is 2. The van der Waals surface area contributed by atoms with Crippen LogP contribution in [0.2, 0.25) is 0 Å². The molecular formula is C17H16F3N5. The van der Waals surface area contributed by atoms with Gasteiger partial charge in [0.25, 0.3) is 0 Å². The number of hydrogen-bond donors (Lipinski definition) is 3. The van der Waals surface area contributed by atoms with Crippen LogP contribution >= 0.6 is 0 Å². The lowest BCUT2D eigenvalue weighted by atomic mass is 9.97. The van der Waals surface area contributed by atoms with E-state index in [-0.39, 0.29) is 5.56 Å². The second-order valence-electron chi connectivity index (χ2n) is 6.12. The van der Waals surface area contributed by atoms with E-state index in [0.29, 0.717) is 0 Å². The van der Waals surface area contributed by atoms with Crippen LogP contribution in [0.3, 0.4) is 0 Å². The SMILES string of the molecule is FC(F)(F)c1[nH]ncc1C(Nc1ccc2[nH]ncc2c1)C1=CCCC1. The van der Waals surface area contributed by atoms with Gasteiger partial charge in [0.15, 0.2) is 0 Å². The number of nitrogens with zero attached hydrogens (tertiary/aromatic N) is 2. The van der Waals surface area contributed by atoms with Gasteiger partial charge in [-0.2, -0.15) is 23.4 Å². The average molecular weight is 347 g/mol. The maximum absolute atomic E-state index is 13.3. The Morgan fingerprint density at radius 3 is 2.72 bits per heavy atom. The summed E-state index contributed by atoms with van der Waals surface area (Å²) in [6.45, 7) is 0. The highest BCUT2D eigenvalue weighted by molar-refractivity contribution is 5.81. The normalized spacial score (nSPS) is 16.2. The minimum atomic E-state index is -4.47. The second-order valence-corrected chi connectivity index (χ2v) is 6.12. The fraction of sp³-hybridized carbons (Fsp3) is 0.294. The van der Waals surface area contributed by atoms with Gasteiger partial charge in [-0.05, 0) is 43.0 Å². The van der Waals surface area contributed by atoms with Gasteiger partial charge < -0.3 is 5.32 Å². The summed E-state index contributed by atoms with van der Waals surface area (Å²) < 4.78 is 39.9. The van der Waals surface area contributed by atoms with Crippen LogP contribution in [-0.2, 0) is 6.18 Å². The predicted molar refractivity (Wildman–Crippen MR) is 88.0 cm³/mol. The quantitative estimate of drug-likeness (QED) is 0.606. The summed E-state index contributed by atoms with van der Waals surface area (Å²) in [6, 6.07) is 4.98. The maximum atomic E-state index is 13.3. The third kappa shape index (κ3) is 2.99. The van der Waals surface area contributed by atoms with E-state index in [9.17, 15) is 13.2 Å². The number of fused-ring (bicyclic) bond motifs is 1. The third-order valence-corrected chi connectivity index (χ3v) is 4.46. The molecule has 2 aromatic heterocycles. The van der Waals surface area contributed by atoms with Crippen LogP contribution < -0.4 is 5.32 Å². The number of nitrogens with one attached hydrogen (secondary N) is 3. The second kappa shape index (κ2) is 5.94. The molecule has 5 nitrogen and oxygen atoms in total. The maximum Gasteiger partial charge on any atom is 0.433 e. The molecule has 3 aromatic rings. The van der Waals surface area contributed by atoms with Crippen molar-refractivity contribution >= 4 is 16.6 Å². The molecule has 0 bridgehead atoms. The van der Waals surface area contributed by atoms with Crippen LogP contribution in [0.5, 0.6) is 0 Å². The van der Waals surface area contributed by atoms with Crippen molar-refractivity contribution in [3.05, 3.63) is 53.5 Å². The molecule has 0 saturated carbocycles. The molecule has 4 rings (SSSR count). The molecule has 0 amide bonds. The molecule has 1 unspecified atom stereocenters. The number of alkyl halides is 3. The molecule has 1 aliphatic rings. The first kappa shape index (κ1) is 15.7. The van der Waals surface area contributed by atoms with E-state index in [0.717, 1.165) is 41.4 Å². The lowest BCUT2D eigenvalue weighted by Crippen LogP contribution is -2.18. The lowest BCUT2D eigenvalue weighted by molar-refractivity contribution is -0.141. The molecular weight excluding hydrogens is 331 g/mol. The molecule has 0 aliphatic heterocycles. The van der Waals surface area contributed by atoms with E-state index in [1.807, 2.05) is 24.3 Å². The van der Waals surface area contributed by atoms with E-state index in [1.165, 1.54) is 6.20 Å². The summed E-state index contributed by atoms with van der Waals surface area (Å²) in [4.78, 5) is 0. The van der Waals surface area contributed by atoms with Gasteiger partial charge in [0.2, 0.25) is 0 Å². The minimum absolute atomic E-state index is 0.118. The number of halogens is 3. The number of hydrogen-bond acceptors (Lipinski definition) is 3. The number of aromatic nitrogens is 4. The van der Waals surface area contributed by atoms with Gasteiger partial charge in [0.1, 0.15) is 5.69 Å². The first-order valence-corrected chi connectivity index (χ1v) is 8.01. The van der Waals surface area contributed by atoms with E-state index < -0.39 is 17.9 Å². The molecule has 3 N–H and O–H groups in total. The van der Waals surface area contributed by atoms with Crippen molar-refractivity contribution in [2.75, 3.05) is 5.32 Å². The van der Waals surface area contributed by atoms with Gasteiger partial charge >= 0.3 is 6.18 Å². The Balaban J connectivity index is 1.73. The fourth-order valence-corrected chi connectivity index (χ4v) is 3.27. The molecule has 25 heavy (non-hydrogen) atoms. The van der Waals surface area contributed by atoms with E-state index in [2.05, 4.69) is 25.7 Å². The summed E-state index contributed by atoms with van der Waals surface area (Å²) >= 11 is 0. The summed E-state index contributed by atoms with van der Waals surface area (Å²) in [7, 11) is 0. The lowest BCUT2D eigenvalue weighted by Gasteiger charge is -2.22. The summed E-state index contributed by atoms with van der Waals surface area (Å²) in [5.41, 5.74) is 1.89. The highest BCUT2D eigenvalue weighted by Crippen LogP contribution is 2.39. The zero-order valence-electron chi connectivity index (χ0n) is 13.2. The predicted octanol–water partition coefficient (Wildman–Crippen LogP) is 4.57. The Labute approximate surface area is 141 Å². The zero-order chi connectivity index (χ0) is 17.4. The fourth-order valence-electron chi connectivity index (χ4n) is 3.27. The Kier molecular flexibility index (Phi) is 3.74. The van der Waals surface area contributed by atoms with E-state index in [1.54, 1.807) is 6.20 Å². The smallest absolute Gasteiger partial charge is 0.374 e. The third-order valence-electron chi connectivity index (χ3n) is 4.46. The topological polar surface area (TPSA) is 69.4 Å². The Morgan fingerprint density at radius 2 is 1.96 bits per heavy atom. The molecule has 1 aromatic carbocycles. The van der Waals surface area contributed by atoms with Crippen molar-refractivity contribution in [1.29, 1.82) is 0 Å². The molecule has 0 fully saturated rings. The van der Waals surface area contributed by atoms with Crippen LogP contribution in [0.1, 0.15) is 36.6 Å². The van der Waals surface area contributed by atoms with Crippen LogP contribution in [-0.4, -0.2) is 20.4 Å². The van der Waals surface area contributed by atoms with Crippen molar-refractivity contribution in [2.24, 2.45) is 0 Å². The molecule has 0 radical (unpaired) electrons. The van der Waals surface area contributed by atoms with Gasteiger partial charge in [0.05, 0.1) is 24.0 Å². The molecule has 0 saturated heterocycles. The number of H-pyrrole nitrogens is 2. The van der Waals surface area contributed by atoms with Crippen molar-refractivity contribution < 1.29 is 13.2 Å². The number of benzene rings is 1. The van der Waals surface area contributed by atoms with Crippen LogP contribution in [0.4, 0.5) is 18.9 Å². The monoisotopic (exact) mass is 347 g/mol. The van der Waals surface area contributed by atoms with Gasteiger partial charge in [-0.3, -0.25) is 10.2 Å². The van der Waals surface area contributed by atoms with Crippen molar-refractivity contribution in [3.8, 4) is 0 Å². The van der Waals surface area contributed by atoms with Gasteiger partial charge in [-0.1, -0.05) is 6.08 Å². The number of rotatable bonds is 4. The summed E-state index contributed by atoms with van der Waals surface area (Å²) in [5, 5.41) is 16.7. The Morgan fingerprint density at radius 1 is 1.12 bits per heavy atom. The molecule has 1 atom stereocenters.